The monoisotopic (exact) mass is 335 g/mol. The SMILES string of the molecule is CCOC(=O)C1(O)CCN(c2ncnc3sc(C)c(C)c23)CC1. The van der Waals surface area contributed by atoms with Crippen LogP contribution in [0.2, 0.25) is 0 Å². The van der Waals surface area contributed by atoms with E-state index in [0.29, 0.717) is 25.9 Å². The Labute approximate surface area is 139 Å². The lowest BCUT2D eigenvalue weighted by atomic mass is 9.91. The Kier molecular flexibility index (Phi) is 4.25. The molecule has 23 heavy (non-hydrogen) atoms. The summed E-state index contributed by atoms with van der Waals surface area (Å²) in [6, 6.07) is 0. The summed E-state index contributed by atoms with van der Waals surface area (Å²) in [6.45, 7) is 7.33. The largest absolute Gasteiger partial charge is 0.464 e. The highest BCUT2D eigenvalue weighted by atomic mass is 32.1. The molecule has 0 saturated carbocycles. The van der Waals surface area contributed by atoms with Crippen molar-refractivity contribution in [1.82, 2.24) is 9.97 Å². The third-order valence-electron chi connectivity index (χ3n) is 4.49. The zero-order valence-corrected chi connectivity index (χ0v) is 14.4. The minimum Gasteiger partial charge on any atom is -0.464 e. The number of rotatable bonds is 3. The average molecular weight is 335 g/mol. The summed E-state index contributed by atoms with van der Waals surface area (Å²) in [5.74, 6) is 0.373. The van der Waals surface area contributed by atoms with Crippen molar-refractivity contribution in [2.75, 3.05) is 24.6 Å². The van der Waals surface area contributed by atoms with E-state index in [9.17, 15) is 9.90 Å². The maximum Gasteiger partial charge on any atom is 0.338 e. The number of hydrogen-bond donors (Lipinski definition) is 1. The molecule has 0 aromatic carbocycles. The Morgan fingerprint density at radius 3 is 2.74 bits per heavy atom. The molecule has 1 saturated heterocycles. The molecule has 1 aliphatic rings. The average Bonchev–Trinajstić information content (AvgIpc) is 2.83. The Bertz CT molecular complexity index is 735. The molecule has 6 nitrogen and oxygen atoms in total. The molecule has 0 bridgehead atoms. The van der Waals surface area contributed by atoms with Crippen LogP contribution >= 0.6 is 11.3 Å². The number of fused-ring (bicyclic) bond motifs is 1. The number of nitrogens with zero attached hydrogens (tertiary/aromatic N) is 3. The molecule has 3 heterocycles. The van der Waals surface area contributed by atoms with Gasteiger partial charge in [0.2, 0.25) is 0 Å². The molecular weight excluding hydrogens is 314 g/mol. The molecule has 0 atom stereocenters. The predicted molar refractivity (Wildman–Crippen MR) is 89.9 cm³/mol. The molecule has 0 aliphatic carbocycles. The van der Waals surface area contributed by atoms with Gasteiger partial charge in [0.1, 0.15) is 17.0 Å². The number of aryl methyl sites for hydroxylation is 2. The van der Waals surface area contributed by atoms with E-state index in [1.165, 1.54) is 10.4 Å². The number of ether oxygens (including phenoxy) is 1. The molecule has 1 aliphatic heterocycles. The molecule has 1 fully saturated rings. The molecular formula is C16H21N3O3S. The highest BCUT2D eigenvalue weighted by molar-refractivity contribution is 7.18. The molecule has 1 N–H and O–H groups in total. The van der Waals surface area contributed by atoms with Crippen molar-refractivity contribution in [3.8, 4) is 0 Å². The number of aromatic nitrogens is 2. The van der Waals surface area contributed by atoms with Crippen LogP contribution in [0.4, 0.5) is 5.82 Å². The highest BCUT2D eigenvalue weighted by Gasteiger charge is 2.41. The van der Waals surface area contributed by atoms with Crippen LogP contribution in [0, 0.1) is 13.8 Å². The zero-order valence-electron chi connectivity index (χ0n) is 13.6. The van der Waals surface area contributed by atoms with E-state index in [0.717, 1.165) is 16.0 Å². The third kappa shape index (κ3) is 2.79. The number of carbonyl (C=O) groups is 1. The molecule has 0 spiro atoms. The van der Waals surface area contributed by atoms with Gasteiger partial charge in [0.15, 0.2) is 5.60 Å². The second kappa shape index (κ2) is 6.05. The summed E-state index contributed by atoms with van der Waals surface area (Å²) < 4.78 is 4.99. The molecule has 0 amide bonds. The van der Waals surface area contributed by atoms with Crippen LogP contribution in [0.3, 0.4) is 0 Å². The molecule has 2 aromatic heterocycles. The summed E-state index contributed by atoms with van der Waals surface area (Å²) in [6.07, 6.45) is 2.28. The first-order valence-corrected chi connectivity index (χ1v) is 8.63. The standard InChI is InChI=1S/C16H21N3O3S/c1-4-22-15(20)16(21)5-7-19(8-6-16)13-12-10(2)11(3)23-14(12)18-9-17-13/h9,21H,4-8H2,1-3H3. The van der Waals surface area contributed by atoms with Crippen molar-refractivity contribution in [1.29, 1.82) is 0 Å². The topological polar surface area (TPSA) is 75.6 Å². The molecule has 2 aromatic rings. The lowest BCUT2D eigenvalue weighted by Crippen LogP contribution is -2.50. The van der Waals surface area contributed by atoms with Gasteiger partial charge in [-0.25, -0.2) is 14.8 Å². The van der Waals surface area contributed by atoms with Crippen molar-refractivity contribution in [3.63, 3.8) is 0 Å². The number of piperidine rings is 1. The van der Waals surface area contributed by atoms with Gasteiger partial charge in [0.25, 0.3) is 0 Å². The minimum atomic E-state index is -1.38. The van der Waals surface area contributed by atoms with Crippen LogP contribution < -0.4 is 4.90 Å². The minimum absolute atomic E-state index is 0.283. The first-order chi connectivity index (χ1) is 11.0. The molecule has 0 radical (unpaired) electrons. The van der Waals surface area contributed by atoms with Crippen LogP contribution in [-0.4, -0.2) is 46.3 Å². The number of thiophene rings is 1. The molecule has 3 rings (SSSR count). The summed E-state index contributed by atoms with van der Waals surface area (Å²) >= 11 is 1.67. The summed E-state index contributed by atoms with van der Waals surface area (Å²) in [5.41, 5.74) is -0.176. The Hall–Kier alpha value is -1.73. The van der Waals surface area contributed by atoms with Gasteiger partial charge in [-0.2, -0.15) is 0 Å². The van der Waals surface area contributed by atoms with Gasteiger partial charge in [0.05, 0.1) is 12.0 Å². The summed E-state index contributed by atoms with van der Waals surface area (Å²) in [4.78, 5) is 25.1. The number of hydrogen-bond acceptors (Lipinski definition) is 7. The molecule has 7 heteroatoms. The van der Waals surface area contributed by atoms with Crippen LogP contribution in [0.25, 0.3) is 10.2 Å². The van der Waals surface area contributed by atoms with Crippen LogP contribution in [0.5, 0.6) is 0 Å². The van der Waals surface area contributed by atoms with Gasteiger partial charge >= 0.3 is 5.97 Å². The normalized spacial score (nSPS) is 17.5. The zero-order chi connectivity index (χ0) is 16.6. The smallest absolute Gasteiger partial charge is 0.338 e. The van der Waals surface area contributed by atoms with Gasteiger partial charge in [-0.1, -0.05) is 0 Å². The molecule has 124 valence electrons. The Morgan fingerprint density at radius 1 is 1.39 bits per heavy atom. The van der Waals surface area contributed by atoms with Crippen molar-refractivity contribution in [2.45, 2.75) is 39.2 Å². The van der Waals surface area contributed by atoms with E-state index in [1.807, 2.05) is 0 Å². The Morgan fingerprint density at radius 2 is 2.09 bits per heavy atom. The van der Waals surface area contributed by atoms with E-state index in [1.54, 1.807) is 24.6 Å². The fourth-order valence-electron chi connectivity index (χ4n) is 2.96. The van der Waals surface area contributed by atoms with Crippen molar-refractivity contribution in [3.05, 3.63) is 16.8 Å². The van der Waals surface area contributed by atoms with Gasteiger partial charge in [0, 0.05) is 30.8 Å². The van der Waals surface area contributed by atoms with E-state index >= 15 is 0 Å². The number of aliphatic hydroxyl groups is 1. The second-order valence-electron chi connectivity index (χ2n) is 5.90. The van der Waals surface area contributed by atoms with Gasteiger partial charge in [-0.3, -0.25) is 0 Å². The van der Waals surface area contributed by atoms with Crippen LogP contribution in [-0.2, 0) is 9.53 Å². The van der Waals surface area contributed by atoms with Gasteiger partial charge in [-0.05, 0) is 26.3 Å². The lowest BCUT2D eigenvalue weighted by Gasteiger charge is -2.37. The van der Waals surface area contributed by atoms with E-state index in [-0.39, 0.29) is 6.61 Å². The van der Waals surface area contributed by atoms with Crippen molar-refractivity contribution >= 4 is 33.3 Å². The van der Waals surface area contributed by atoms with Crippen molar-refractivity contribution in [2.24, 2.45) is 0 Å². The maximum absolute atomic E-state index is 11.9. The van der Waals surface area contributed by atoms with Crippen LogP contribution in [0.1, 0.15) is 30.2 Å². The number of esters is 1. The summed E-state index contributed by atoms with van der Waals surface area (Å²) in [7, 11) is 0. The van der Waals surface area contributed by atoms with E-state index in [4.69, 9.17) is 4.74 Å². The van der Waals surface area contributed by atoms with Crippen molar-refractivity contribution < 1.29 is 14.6 Å². The first kappa shape index (κ1) is 16.1. The fraction of sp³-hybridized carbons (Fsp3) is 0.562. The van der Waals surface area contributed by atoms with E-state index < -0.39 is 11.6 Å². The van der Waals surface area contributed by atoms with Gasteiger partial charge < -0.3 is 14.7 Å². The predicted octanol–water partition coefficient (Wildman–Crippen LogP) is 2.20. The lowest BCUT2D eigenvalue weighted by molar-refractivity contribution is -0.167. The fourth-order valence-corrected chi connectivity index (χ4v) is 3.95. The van der Waals surface area contributed by atoms with Gasteiger partial charge in [-0.15, -0.1) is 11.3 Å². The quantitative estimate of drug-likeness (QED) is 0.867. The van der Waals surface area contributed by atoms with E-state index in [2.05, 4.69) is 28.7 Å². The number of carbonyl (C=O) groups excluding carboxylic acids is 1. The Balaban J connectivity index is 1.85. The first-order valence-electron chi connectivity index (χ1n) is 7.81. The summed E-state index contributed by atoms with van der Waals surface area (Å²) in [5, 5.41) is 11.6. The molecule has 0 unspecified atom stereocenters. The third-order valence-corrected chi connectivity index (χ3v) is 5.61. The number of anilines is 1. The van der Waals surface area contributed by atoms with Crippen LogP contribution in [0.15, 0.2) is 6.33 Å². The highest BCUT2D eigenvalue weighted by Crippen LogP contribution is 2.36. The maximum atomic E-state index is 11.9. The second-order valence-corrected chi connectivity index (χ2v) is 7.10.